The monoisotopic (exact) mass is 182 g/mol. The van der Waals surface area contributed by atoms with Gasteiger partial charge in [-0.3, -0.25) is 0 Å². The van der Waals surface area contributed by atoms with Crippen molar-refractivity contribution >= 4 is 11.6 Å². The fraction of sp³-hybridized carbons (Fsp3) is 0. The molecule has 1 rings (SSSR count). The van der Waals surface area contributed by atoms with Gasteiger partial charge in [-0.1, -0.05) is 11.6 Å². The predicted octanol–water partition coefficient (Wildman–Crippen LogP) is 2.46. The summed E-state index contributed by atoms with van der Waals surface area (Å²) < 4.78 is 36.9. The lowest BCUT2D eigenvalue weighted by atomic mass is 10.3. The van der Waals surface area contributed by atoms with Gasteiger partial charge in [0.25, 0.3) is 0 Å². The second-order valence-corrected chi connectivity index (χ2v) is 2.22. The molecule has 0 bridgehead atoms. The first-order chi connectivity index (χ1) is 5.04. The standard InChI is InChI=1S/C6H2ClF3O/c7-2-1-3(8)6(11)5(10)4(2)9/h1,11H. The Kier molecular flexibility index (Phi) is 1.95. The molecule has 0 saturated carbocycles. The normalized spacial score (nSPS) is 10.2. The first kappa shape index (κ1) is 8.20. The summed E-state index contributed by atoms with van der Waals surface area (Å²) in [5.74, 6) is -5.76. The Morgan fingerprint density at radius 3 is 2.27 bits per heavy atom. The zero-order valence-corrected chi connectivity index (χ0v) is 5.79. The van der Waals surface area contributed by atoms with E-state index in [2.05, 4.69) is 0 Å². The van der Waals surface area contributed by atoms with E-state index in [9.17, 15) is 13.2 Å². The number of hydrogen-bond acceptors (Lipinski definition) is 1. The highest BCUT2D eigenvalue weighted by Gasteiger charge is 2.16. The Hall–Kier alpha value is -0.900. The van der Waals surface area contributed by atoms with E-state index in [-0.39, 0.29) is 0 Å². The average molecular weight is 183 g/mol. The van der Waals surface area contributed by atoms with Gasteiger partial charge >= 0.3 is 0 Å². The van der Waals surface area contributed by atoms with Crippen molar-refractivity contribution in [3.05, 3.63) is 28.5 Å². The zero-order chi connectivity index (χ0) is 8.59. The second-order valence-electron chi connectivity index (χ2n) is 1.82. The number of hydrogen-bond donors (Lipinski definition) is 1. The summed E-state index contributed by atoms with van der Waals surface area (Å²) in [6.07, 6.45) is 0. The van der Waals surface area contributed by atoms with Gasteiger partial charge in [0.15, 0.2) is 17.4 Å². The van der Waals surface area contributed by atoms with Crippen LogP contribution in [-0.2, 0) is 0 Å². The lowest BCUT2D eigenvalue weighted by Gasteiger charge is -1.99. The van der Waals surface area contributed by atoms with Gasteiger partial charge in [-0.15, -0.1) is 0 Å². The first-order valence-corrected chi connectivity index (χ1v) is 2.93. The van der Waals surface area contributed by atoms with Crippen molar-refractivity contribution in [1.29, 1.82) is 0 Å². The molecule has 11 heavy (non-hydrogen) atoms. The number of phenolic OH excluding ortho intramolecular Hbond substituents is 1. The topological polar surface area (TPSA) is 20.2 Å². The van der Waals surface area contributed by atoms with Gasteiger partial charge in [-0.25, -0.2) is 8.78 Å². The largest absolute Gasteiger partial charge is 0.503 e. The smallest absolute Gasteiger partial charge is 0.205 e. The van der Waals surface area contributed by atoms with Crippen LogP contribution in [0.3, 0.4) is 0 Å². The molecule has 0 atom stereocenters. The van der Waals surface area contributed by atoms with E-state index in [1.807, 2.05) is 0 Å². The molecule has 0 amide bonds. The fourth-order valence-electron chi connectivity index (χ4n) is 0.557. The van der Waals surface area contributed by atoms with Gasteiger partial charge in [0.1, 0.15) is 0 Å². The highest BCUT2D eigenvalue weighted by molar-refractivity contribution is 6.30. The maximum atomic E-state index is 12.3. The lowest BCUT2D eigenvalue weighted by Crippen LogP contribution is -1.89. The van der Waals surface area contributed by atoms with Gasteiger partial charge in [0.2, 0.25) is 5.82 Å². The SMILES string of the molecule is Oc1c(F)cc(Cl)c(F)c1F. The minimum absolute atomic E-state index is 0.495. The van der Waals surface area contributed by atoms with Crippen LogP contribution in [0.5, 0.6) is 5.75 Å². The summed E-state index contributed by atoms with van der Waals surface area (Å²) in [6.45, 7) is 0. The van der Waals surface area contributed by atoms with Gasteiger partial charge < -0.3 is 5.11 Å². The third-order valence-electron chi connectivity index (χ3n) is 1.09. The summed E-state index contributed by atoms with van der Waals surface area (Å²) in [7, 11) is 0. The summed E-state index contributed by atoms with van der Waals surface area (Å²) in [6, 6.07) is 0.495. The summed E-state index contributed by atoms with van der Waals surface area (Å²) in [5, 5.41) is 7.77. The van der Waals surface area contributed by atoms with Crippen LogP contribution in [0.1, 0.15) is 0 Å². The zero-order valence-electron chi connectivity index (χ0n) is 5.04. The second kappa shape index (κ2) is 2.62. The molecule has 0 aromatic heterocycles. The van der Waals surface area contributed by atoms with E-state index in [0.29, 0.717) is 6.07 Å². The molecule has 0 fully saturated rings. The number of phenols is 1. The Balaban J connectivity index is 3.46. The van der Waals surface area contributed by atoms with Gasteiger partial charge in [-0.2, -0.15) is 4.39 Å². The van der Waals surface area contributed by atoms with Crippen LogP contribution in [0, 0.1) is 17.5 Å². The minimum Gasteiger partial charge on any atom is -0.503 e. The lowest BCUT2D eigenvalue weighted by molar-refractivity contribution is 0.376. The average Bonchev–Trinajstić information content (AvgIpc) is 1.97. The summed E-state index contributed by atoms with van der Waals surface area (Å²) in [5.41, 5.74) is 0. The Morgan fingerprint density at radius 2 is 1.73 bits per heavy atom. The van der Waals surface area contributed by atoms with Crippen LogP contribution < -0.4 is 0 Å². The third kappa shape index (κ3) is 1.26. The molecule has 60 valence electrons. The van der Waals surface area contributed by atoms with E-state index in [1.165, 1.54) is 0 Å². The van der Waals surface area contributed by atoms with Crippen molar-refractivity contribution < 1.29 is 18.3 Å². The molecular formula is C6H2ClF3O. The van der Waals surface area contributed by atoms with Crippen molar-refractivity contribution in [2.24, 2.45) is 0 Å². The molecule has 0 radical (unpaired) electrons. The maximum Gasteiger partial charge on any atom is 0.205 e. The van der Waals surface area contributed by atoms with Crippen molar-refractivity contribution in [1.82, 2.24) is 0 Å². The molecule has 1 aromatic rings. The fourth-order valence-corrected chi connectivity index (χ4v) is 0.735. The molecule has 0 aliphatic rings. The van der Waals surface area contributed by atoms with Crippen LogP contribution in [-0.4, -0.2) is 5.11 Å². The maximum absolute atomic E-state index is 12.3. The van der Waals surface area contributed by atoms with Crippen LogP contribution in [0.4, 0.5) is 13.2 Å². The van der Waals surface area contributed by atoms with Crippen LogP contribution in [0.2, 0.25) is 5.02 Å². The molecule has 1 aromatic carbocycles. The minimum atomic E-state index is -1.67. The van der Waals surface area contributed by atoms with E-state index < -0.39 is 28.2 Å². The van der Waals surface area contributed by atoms with Gasteiger partial charge in [0, 0.05) is 0 Å². The Labute approximate surface area is 65.0 Å². The molecule has 0 aliphatic carbocycles. The summed E-state index contributed by atoms with van der Waals surface area (Å²) >= 11 is 5.03. The predicted molar refractivity (Wildman–Crippen MR) is 33.0 cm³/mol. The molecule has 0 heterocycles. The van der Waals surface area contributed by atoms with E-state index in [4.69, 9.17) is 16.7 Å². The van der Waals surface area contributed by atoms with Gasteiger partial charge in [0.05, 0.1) is 5.02 Å². The molecular weight excluding hydrogens is 181 g/mol. The van der Waals surface area contributed by atoms with E-state index in [1.54, 1.807) is 0 Å². The van der Waals surface area contributed by atoms with Crippen molar-refractivity contribution in [3.8, 4) is 5.75 Å². The highest BCUT2D eigenvalue weighted by atomic mass is 35.5. The number of benzene rings is 1. The van der Waals surface area contributed by atoms with Crippen molar-refractivity contribution in [3.63, 3.8) is 0 Å². The molecule has 0 aliphatic heterocycles. The molecule has 0 unspecified atom stereocenters. The van der Waals surface area contributed by atoms with Crippen LogP contribution in [0.25, 0.3) is 0 Å². The molecule has 0 spiro atoms. The van der Waals surface area contributed by atoms with Gasteiger partial charge in [-0.05, 0) is 6.07 Å². The highest BCUT2D eigenvalue weighted by Crippen LogP contribution is 2.27. The first-order valence-electron chi connectivity index (χ1n) is 2.56. The Bertz CT molecular complexity index is 274. The molecule has 1 N–H and O–H groups in total. The van der Waals surface area contributed by atoms with E-state index >= 15 is 0 Å². The molecule has 5 heteroatoms. The molecule has 0 saturated heterocycles. The van der Waals surface area contributed by atoms with Crippen LogP contribution >= 0.6 is 11.6 Å². The third-order valence-corrected chi connectivity index (χ3v) is 1.36. The Morgan fingerprint density at radius 1 is 1.18 bits per heavy atom. The van der Waals surface area contributed by atoms with Crippen molar-refractivity contribution in [2.45, 2.75) is 0 Å². The van der Waals surface area contributed by atoms with Crippen LogP contribution in [0.15, 0.2) is 6.07 Å². The number of halogens is 4. The number of aromatic hydroxyl groups is 1. The summed E-state index contributed by atoms with van der Waals surface area (Å²) in [4.78, 5) is 0. The van der Waals surface area contributed by atoms with Crippen molar-refractivity contribution in [2.75, 3.05) is 0 Å². The number of rotatable bonds is 0. The molecule has 1 nitrogen and oxygen atoms in total. The van der Waals surface area contributed by atoms with E-state index in [0.717, 1.165) is 0 Å². The quantitative estimate of drug-likeness (QED) is 0.483.